The van der Waals surface area contributed by atoms with Crippen LogP contribution in [0.1, 0.15) is 77.7 Å². The van der Waals surface area contributed by atoms with Gasteiger partial charge in [-0.2, -0.15) is 0 Å². The van der Waals surface area contributed by atoms with Crippen LogP contribution < -0.4 is 0 Å². The Morgan fingerprint density at radius 3 is 2.57 bits per heavy atom. The summed E-state index contributed by atoms with van der Waals surface area (Å²) in [7, 11) is 0. The number of hydrogen-bond acceptors (Lipinski definition) is 2. The lowest BCUT2D eigenvalue weighted by molar-refractivity contribution is 0.142. The van der Waals surface area contributed by atoms with Crippen molar-refractivity contribution in [1.29, 1.82) is 0 Å². The van der Waals surface area contributed by atoms with Crippen LogP contribution >= 0.6 is 0 Å². The van der Waals surface area contributed by atoms with Crippen LogP contribution in [0, 0.1) is 5.92 Å². The van der Waals surface area contributed by atoms with Gasteiger partial charge in [-0.15, -0.1) is 5.73 Å². The van der Waals surface area contributed by atoms with Crippen LogP contribution in [0.15, 0.2) is 58.9 Å². The number of hydrogen-bond donors (Lipinski definition) is 0. The van der Waals surface area contributed by atoms with E-state index >= 15 is 0 Å². The average molecular weight is 408 g/mol. The topological polar surface area (TPSA) is 29.5 Å². The summed E-state index contributed by atoms with van der Waals surface area (Å²) in [5, 5.41) is 0. The van der Waals surface area contributed by atoms with Crippen molar-refractivity contribution in [2.45, 2.75) is 84.8 Å². The summed E-state index contributed by atoms with van der Waals surface area (Å²) >= 11 is 0. The van der Waals surface area contributed by atoms with Gasteiger partial charge in [-0.3, -0.25) is 4.90 Å². The molecule has 1 amide bonds. The van der Waals surface area contributed by atoms with Gasteiger partial charge < -0.3 is 4.74 Å². The highest BCUT2D eigenvalue weighted by molar-refractivity contribution is 5.71. The van der Waals surface area contributed by atoms with E-state index in [0.29, 0.717) is 19.0 Å². The maximum Gasteiger partial charge on any atom is 0.410 e. The second kappa shape index (κ2) is 11.2. The second-order valence-corrected chi connectivity index (χ2v) is 8.97. The molecule has 1 heterocycles. The fraction of sp³-hybridized carbons (Fsp3) is 0.556. The van der Waals surface area contributed by atoms with Crippen molar-refractivity contribution in [2.75, 3.05) is 6.54 Å². The first kappa shape index (κ1) is 22.4. The Hall–Kier alpha value is -2.25. The van der Waals surface area contributed by atoms with E-state index in [4.69, 9.17) is 4.74 Å². The third-order valence-electron chi connectivity index (χ3n) is 6.05. The minimum atomic E-state index is -0.203. The maximum atomic E-state index is 12.7. The predicted octanol–water partition coefficient (Wildman–Crippen LogP) is 7.20. The van der Waals surface area contributed by atoms with Crippen molar-refractivity contribution in [2.24, 2.45) is 5.92 Å². The molecule has 2 fully saturated rings. The normalized spacial score (nSPS) is 20.1. The molecule has 1 aliphatic heterocycles. The van der Waals surface area contributed by atoms with Gasteiger partial charge >= 0.3 is 6.09 Å². The molecular formula is C27H37NO2. The number of cyclic esters (lactones) is 1. The first-order valence-electron chi connectivity index (χ1n) is 11.7. The molecule has 0 N–H and O–H groups in total. The van der Waals surface area contributed by atoms with Crippen LogP contribution in [0.5, 0.6) is 0 Å². The van der Waals surface area contributed by atoms with Gasteiger partial charge in [0.25, 0.3) is 0 Å². The number of carbonyl (C=O) groups is 1. The Bertz CT molecular complexity index is 791. The summed E-state index contributed by atoms with van der Waals surface area (Å²) in [5.41, 5.74) is 8.38. The summed E-state index contributed by atoms with van der Waals surface area (Å²) < 4.78 is 5.94. The number of ether oxygens (including phenoxy) is 1. The Kier molecular flexibility index (Phi) is 8.39. The van der Waals surface area contributed by atoms with Gasteiger partial charge in [-0.05, 0) is 56.6 Å². The molecule has 1 aromatic carbocycles. The highest BCUT2D eigenvalue weighted by Crippen LogP contribution is 2.32. The molecule has 0 spiro atoms. The van der Waals surface area contributed by atoms with E-state index in [-0.39, 0.29) is 12.2 Å². The monoisotopic (exact) mass is 407 g/mol. The van der Waals surface area contributed by atoms with Gasteiger partial charge in [0.05, 0.1) is 6.54 Å². The first-order chi connectivity index (χ1) is 14.6. The van der Waals surface area contributed by atoms with Crippen molar-refractivity contribution in [1.82, 2.24) is 4.90 Å². The third-order valence-corrected chi connectivity index (χ3v) is 6.05. The van der Waals surface area contributed by atoms with E-state index < -0.39 is 0 Å². The van der Waals surface area contributed by atoms with Crippen LogP contribution in [0.3, 0.4) is 0 Å². The van der Waals surface area contributed by atoms with Crippen molar-refractivity contribution >= 4 is 6.09 Å². The molecule has 0 aromatic heterocycles. The molecule has 1 atom stereocenters. The van der Waals surface area contributed by atoms with E-state index in [1.807, 2.05) is 23.1 Å². The number of nitrogens with zero attached hydrogens (tertiary/aromatic N) is 1. The van der Waals surface area contributed by atoms with Gasteiger partial charge in [0.15, 0.2) is 0 Å². The van der Waals surface area contributed by atoms with Crippen LogP contribution in [0.25, 0.3) is 0 Å². The van der Waals surface area contributed by atoms with E-state index in [0.717, 1.165) is 24.8 Å². The molecule has 1 saturated carbocycles. The molecule has 30 heavy (non-hydrogen) atoms. The molecule has 1 aromatic rings. The molecule has 1 aliphatic carbocycles. The molecule has 1 unspecified atom stereocenters. The van der Waals surface area contributed by atoms with E-state index in [1.54, 1.807) is 0 Å². The quantitative estimate of drug-likeness (QED) is 0.337. The highest BCUT2D eigenvalue weighted by atomic mass is 16.6. The number of unbranched alkanes of at least 4 members (excludes halogenated alkanes) is 1. The molecule has 3 heteroatoms. The fourth-order valence-electron chi connectivity index (χ4n) is 4.49. The fourth-order valence-corrected chi connectivity index (χ4v) is 4.49. The average Bonchev–Trinajstić information content (AvgIpc) is 3.10. The third kappa shape index (κ3) is 6.37. The predicted molar refractivity (Wildman–Crippen MR) is 123 cm³/mol. The lowest BCUT2D eigenvalue weighted by atomic mass is 9.85. The summed E-state index contributed by atoms with van der Waals surface area (Å²) in [4.78, 5) is 14.5. The number of benzene rings is 1. The largest absolute Gasteiger partial charge is 0.439 e. The summed E-state index contributed by atoms with van der Waals surface area (Å²) in [6, 6.07) is 10.2. The van der Waals surface area contributed by atoms with E-state index in [2.05, 4.69) is 44.7 Å². The van der Waals surface area contributed by atoms with Crippen LogP contribution in [0.4, 0.5) is 4.79 Å². The maximum absolute atomic E-state index is 12.7. The molecule has 3 rings (SSSR count). The number of amides is 1. The second-order valence-electron chi connectivity index (χ2n) is 8.97. The Balaban J connectivity index is 1.86. The summed E-state index contributed by atoms with van der Waals surface area (Å²) in [6.45, 7) is 7.65. The van der Waals surface area contributed by atoms with Gasteiger partial charge in [-0.25, -0.2) is 4.79 Å². The molecule has 3 nitrogen and oxygen atoms in total. The van der Waals surface area contributed by atoms with Gasteiger partial charge in [-0.1, -0.05) is 69.0 Å². The van der Waals surface area contributed by atoms with Crippen molar-refractivity contribution in [3.8, 4) is 0 Å². The summed E-state index contributed by atoms with van der Waals surface area (Å²) in [6.07, 6.45) is 11.7. The van der Waals surface area contributed by atoms with Gasteiger partial charge in [0.2, 0.25) is 0 Å². The number of allylic oxidation sites excluding steroid dienone is 1. The molecule has 0 bridgehead atoms. The SMILES string of the molecule is CCCCC(=C=C(C)C)/C(=C/C1CCCCC1)C1CN(Cc2ccccc2)C(=O)O1. The minimum Gasteiger partial charge on any atom is -0.439 e. The molecule has 1 saturated heterocycles. The molecule has 0 radical (unpaired) electrons. The zero-order chi connectivity index (χ0) is 21.3. The first-order valence-corrected chi connectivity index (χ1v) is 11.7. The number of carbonyl (C=O) groups excluding carboxylic acids is 1. The Morgan fingerprint density at radius 2 is 1.90 bits per heavy atom. The van der Waals surface area contributed by atoms with Crippen molar-refractivity contribution < 1.29 is 9.53 Å². The van der Waals surface area contributed by atoms with Crippen LogP contribution in [0.2, 0.25) is 0 Å². The zero-order valence-electron chi connectivity index (χ0n) is 19.0. The van der Waals surface area contributed by atoms with E-state index in [1.165, 1.54) is 48.8 Å². The Morgan fingerprint density at radius 1 is 1.17 bits per heavy atom. The molecular weight excluding hydrogens is 370 g/mol. The summed E-state index contributed by atoms with van der Waals surface area (Å²) in [5.74, 6) is 0.589. The standard InChI is InChI=1S/C27H37NO2/c1-4-5-16-24(17-21(2)3)25(18-22-12-8-6-9-13-22)26-20-28(27(29)30-26)19-23-14-10-7-11-15-23/h7,10-11,14-15,18,22,26H,4-6,8-9,12-13,16,19-20H2,1-3H3/b25-18-. The zero-order valence-corrected chi connectivity index (χ0v) is 19.0. The van der Waals surface area contributed by atoms with Crippen molar-refractivity contribution in [3.05, 3.63) is 64.4 Å². The molecule has 2 aliphatic rings. The lowest BCUT2D eigenvalue weighted by Crippen LogP contribution is -2.25. The lowest BCUT2D eigenvalue weighted by Gasteiger charge is -2.23. The molecule has 162 valence electrons. The van der Waals surface area contributed by atoms with Gasteiger partial charge in [0, 0.05) is 17.7 Å². The van der Waals surface area contributed by atoms with E-state index in [9.17, 15) is 4.79 Å². The van der Waals surface area contributed by atoms with Crippen LogP contribution in [-0.4, -0.2) is 23.6 Å². The van der Waals surface area contributed by atoms with Gasteiger partial charge in [0.1, 0.15) is 6.10 Å². The minimum absolute atomic E-state index is 0.193. The number of rotatable bonds is 8. The van der Waals surface area contributed by atoms with Crippen molar-refractivity contribution in [3.63, 3.8) is 0 Å². The smallest absolute Gasteiger partial charge is 0.410 e. The highest BCUT2D eigenvalue weighted by Gasteiger charge is 2.35. The Labute approximate surface area is 182 Å². The van der Waals surface area contributed by atoms with Crippen LogP contribution in [-0.2, 0) is 11.3 Å².